The second-order valence-corrected chi connectivity index (χ2v) is 26.1. The van der Waals surface area contributed by atoms with Crippen LogP contribution in [0, 0.1) is 55.2 Å². The number of carbonyl (C=O) groups is 1. The van der Waals surface area contributed by atoms with Crippen LogP contribution in [0.5, 0.6) is 23.0 Å². The minimum Gasteiger partial charge on any atom is -0.506 e. The second-order valence-electron chi connectivity index (χ2n) is 26.1. The molecule has 681 valence electrons. The topological polar surface area (TPSA) is 334 Å². The summed E-state index contributed by atoms with van der Waals surface area (Å²) in [5.41, 5.74) is 13.3. The van der Waals surface area contributed by atoms with E-state index in [1.165, 1.54) is 34.6 Å². The average molecular weight is 2660 g/mol. The van der Waals surface area contributed by atoms with Gasteiger partial charge in [0.2, 0.25) is 6.20 Å². The summed E-state index contributed by atoms with van der Waals surface area (Å²) >= 11 is 0. The van der Waals surface area contributed by atoms with E-state index < -0.39 is 6.09 Å². The molecule has 28 nitrogen and oxygen atoms in total. The van der Waals surface area contributed by atoms with Gasteiger partial charge in [-0.2, -0.15) is 160 Å². The van der Waals surface area contributed by atoms with E-state index in [9.17, 15) is 25.2 Å². The van der Waals surface area contributed by atoms with Crippen molar-refractivity contribution in [3.8, 4) is 96.8 Å². The molecular weight excluding hydrogens is 2580 g/mol. The van der Waals surface area contributed by atoms with E-state index in [1.54, 1.807) is 200 Å². The Hall–Kier alpha value is -15.7. The van der Waals surface area contributed by atoms with Gasteiger partial charge in [-0.1, -0.05) is 120 Å². The summed E-state index contributed by atoms with van der Waals surface area (Å²) in [7, 11) is 0. The van der Waals surface area contributed by atoms with E-state index in [-0.39, 0.29) is 124 Å². The molecule has 0 unspecified atom stereocenters. The van der Waals surface area contributed by atoms with E-state index in [4.69, 9.17) is 16.9 Å². The summed E-state index contributed by atoms with van der Waals surface area (Å²) in [6.07, 6.45) is 31.7. The summed E-state index contributed by atoms with van der Waals surface area (Å²) in [6, 6.07) is 118. The Labute approximate surface area is 840 Å². The van der Waals surface area contributed by atoms with Crippen molar-refractivity contribution >= 4 is 11.8 Å². The van der Waals surface area contributed by atoms with Gasteiger partial charge in [0, 0.05) is 228 Å². The first-order chi connectivity index (χ1) is 63.4. The summed E-state index contributed by atoms with van der Waals surface area (Å²) in [4.78, 5) is 13.4. The SMILES string of the molecule is Cc1ccn(-c2[c-]ccc(-c3ccccc3)c2)n1.N#Cc1c[c-]c(-n2cccn2)cc1.O=C(O)[n+]1ccccn1.Oc1ccccc1-n1cccn1.Oc1ccccc1-n1cccn1.Oc1ccccc1-n1cccn1.Oc1ccccc1-n1cccn1.[C-]#[N+]c1cc[c-]c(-n2cccn2)c1.[Ir].[Ir].[Ir].[Ir].[Ir].[c-]1ccc(-c2ccccc2)cc1-n1cccn1.[c-]1ccccc1.c1cn[nH]c1. The molecule has 0 aliphatic carbocycles. The minimum atomic E-state index is -1.07. The van der Waals surface area contributed by atoms with E-state index in [0.29, 0.717) is 34.0 Å². The minimum absolute atomic E-state index is 0. The molecule has 0 fully saturated rings. The predicted octanol–water partition coefficient (Wildman–Crippen LogP) is 18.8. The summed E-state index contributed by atoms with van der Waals surface area (Å²) in [5, 5.41) is 97.0. The van der Waals surface area contributed by atoms with Crippen LogP contribution in [0.2, 0.25) is 0 Å². The van der Waals surface area contributed by atoms with Crippen LogP contribution >= 0.6 is 0 Å². The summed E-state index contributed by atoms with van der Waals surface area (Å²) < 4.78 is 14.3. The molecule has 11 aromatic carbocycles. The van der Waals surface area contributed by atoms with Gasteiger partial charge >= 0.3 is 6.09 Å². The average Bonchev–Trinajstić information content (AvgIpc) is 1.58. The van der Waals surface area contributed by atoms with Crippen molar-refractivity contribution in [2.75, 3.05) is 0 Å². The van der Waals surface area contributed by atoms with Crippen molar-refractivity contribution in [3.63, 3.8) is 0 Å². The molecule has 21 rings (SSSR count). The van der Waals surface area contributed by atoms with Crippen LogP contribution in [0.1, 0.15) is 11.3 Å². The molecule has 0 spiro atoms. The number of hydrogen-bond donors (Lipinski definition) is 6. The Morgan fingerprint density at radius 1 is 0.373 bits per heavy atom. The number of phenolic OH excluding ortho intramolecular Hbond substituents is 4. The van der Waals surface area contributed by atoms with Gasteiger partial charge < -0.3 is 25.5 Å². The molecule has 0 saturated heterocycles. The van der Waals surface area contributed by atoms with Gasteiger partial charge in [0.1, 0.15) is 45.7 Å². The second kappa shape index (κ2) is 60.2. The zero-order valence-corrected chi connectivity index (χ0v) is 82.8. The molecule has 0 aliphatic rings. The normalized spacial score (nSPS) is 9.40. The largest absolute Gasteiger partial charge is 0.625 e. The molecule has 33 heteroatoms. The summed E-state index contributed by atoms with van der Waals surface area (Å²) in [6.45, 7) is 8.83. The number of aryl methyl sites for hydroxylation is 1. The van der Waals surface area contributed by atoms with Crippen LogP contribution in [0.15, 0.2) is 445 Å². The molecule has 134 heavy (non-hydrogen) atoms. The maximum Gasteiger partial charge on any atom is 0.625 e. The Morgan fingerprint density at radius 3 is 1.04 bits per heavy atom. The first-order valence-corrected chi connectivity index (χ1v) is 39.4. The molecule has 10 heterocycles. The van der Waals surface area contributed by atoms with Crippen LogP contribution in [0.4, 0.5) is 10.5 Å². The number of H-pyrrole nitrogens is 1. The fraction of sp³-hybridized carbons (Fsp3) is 0.00990. The number of benzene rings is 11. The third kappa shape index (κ3) is 35.3. The van der Waals surface area contributed by atoms with Gasteiger partial charge in [0.05, 0.1) is 24.2 Å². The smallest absolute Gasteiger partial charge is 0.506 e. The quantitative estimate of drug-likeness (QED) is 0.0547. The van der Waals surface area contributed by atoms with Crippen LogP contribution in [0.3, 0.4) is 0 Å². The molecule has 0 bridgehead atoms. The number of nitrogens with one attached hydrogen (secondary N) is 1. The third-order valence-corrected chi connectivity index (χ3v) is 17.2. The molecule has 6 N–H and O–H groups in total. The Kier molecular flexibility index (Phi) is 48.1. The maximum atomic E-state index is 10.1. The Balaban J connectivity index is 0.000000228. The number of nitrogens with zero attached hydrogens (tertiary/aromatic N) is 21. The molecular formula is C101H82Ir5N22O6-4. The number of carboxylic acid groups (broad SMARTS) is 1. The Bertz CT molecular complexity index is 6400. The van der Waals surface area contributed by atoms with Crippen molar-refractivity contribution in [1.82, 2.24) is 93.5 Å². The van der Waals surface area contributed by atoms with E-state index in [2.05, 4.69) is 140 Å². The van der Waals surface area contributed by atoms with E-state index >= 15 is 0 Å². The number of nitriles is 1. The van der Waals surface area contributed by atoms with Gasteiger partial charge in [-0.25, -0.2) is 24.0 Å². The summed E-state index contributed by atoms with van der Waals surface area (Å²) in [5.74, 6) is 0.949. The molecule has 0 aliphatic heterocycles. The van der Waals surface area contributed by atoms with Crippen LogP contribution in [-0.2, 0) is 101 Å². The number of para-hydroxylation sites is 8. The maximum absolute atomic E-state index is 10.1. The van der Waals surface area contributed by atoms with Crippen LogP contribution in [0.25, 0.3) is 72.6 Å². The number of hydrogen-bond acceptors (Lipinski definition) is 16. The number of rotatable bonds is 10. The molecule has 0 amide bonds. The Morgan fingerprint density at radius 2 is 0.754 bits per heavy atom. The van der Waals surface area contributed by atoms with Crippen LogP contribution < -0.4 is 4.68 Å². The fourth-order valence-corrected chi connectivity index (χ4v) is 11.1. The van der Waals surface area contributed by atoms with Gasteiger partial charge in [0.25, 0.3) is 0 Å². The zero-order chi connectivity index (χ0) is 90.1. The van der Waals surface area contributed by atoms with Crippen molar-refractivity contribution in [2.45, 2.75) is 6.92 Å². The van der Waals surface area contributed by atoms with Gasteiger partial charge in [-0.3, -0.25) is 28.7 Å². The van der Waals surface area contributed by atoms with Gasteiger partial charge in [0.15, 0.2) is 0 Å². The van der Waals surface area contributed by atoms with E-state index in [1.807, 2.05) is 235 Å². The fourth-order valence-electron chi connectivity index (χ4n) is 11.1. The number of phenols is 4. The zero-order valence-electron chi connectivity index (χ0n) is 70.8. The van der Waals surface area contributed by atoms with Crippen molar-refractivity contribution in [3.05, 3.63) is 498 Å². The van der Waals surface area contributed by atoms with Gasteiger partial charge in [-0.15, -0.1) is 35.4 Å². The number of aromatic nitrogens is 20. The molecule has 0 atom stereocenters. The van der Waals surface area contributed by atoms with Crippen LogP contribution in [-0.4, -0.2) is 125 Å². The first kappa shape index (κ1) is 107. The standard InChI is InChI=1S/C16H13N2.C15H11N2.2C10H6N3.4C9H8N2O.C6H5.C5H4N2O2.C3H4N2.5Ir/c1-13-10-11-18(17-13)16-9-5-8-15(12-16)14-6-3-2-4-7-14;1-2-6-13(7-3-1)14-8-4-9-15(12-14)17-11-5-10-16-17;11-8-9-2-4-10(5-3-9)13-7-1-6-12-13;1-11-9-4-2-5-10(8-9)13-7-3-6-12-13;4*12-9-5-2-1-4-8(9)11-7-3-6-10-11;1-2-4-6-5-3-1;8-5(9)7-4-2-1-3-6-7;1-2-4-5-3-1;;;;;/h2-8,10-12H,1H3;1-8,10-12H;1-4,6-7H;2-4,6-8H;4*1-7,12H;1-5H;1-4H;1-3H,(H,4,5);;;;;/q4*-1;;;;;-1;;;;;;;/p+1. The monoisotopic (exact) mass is 2660 g/mol. The van der Waals surface area contributed by atoms with E-state index in [0.717, 1.165) is 33.1 Å². The number of aromatic amines is 1. The third-order valence-electron chi connectivity index (χ3n) is 17.2. The van der Waals surface area contributed by atoms with Crippen molar-refractivity contribution in [2.24, 2.45) is 0 Å². The first-order valence-electron chi connectivity index (χ1n) is 39.4. The number of aromatic hydroxyl groups is 4. The molecule has 21 aromatic rings. The van der Waals surface area contributed by atoms with Crippen molar-refractivity contribution in [1.29, 1.82) is 5.26 Å². The molecule has 0 saturated carbocycles. The van der Waals surface area contributed by atoms with Crippen molar-refractivity contribution < 1.29 is 136 Å². The predicted molar refractivity (Wildman–Crippen MR) is 489 cm³/mol. The molecule has 10 aromatic heterocycles. The van der Waals surface area contributed by atoms with Gasteiger partial charge in [-0.05, 0) is 144 Å². The molecule has 5 radical (unpaired) electrons.